The van der Waals surface area contributed by atoms with E-state index in [0.29, 0.717) is 17.8 Å². The van der Waals surface area contributed by atoms with E-state index in [4.69, 9.17) is 4.74 Å². The van der Waals surface area contributed by atoms with Crippen LogP contribution in [-0.4, -0.2) is 19.3 Å². The van der Waals surface area contributed by atoms with Crippen molar-refractivity contribution in [3.63, 3.8) is 0 Å². The highest BCUT2D eigenvalue weighted by atomic mass is 32.2. The van der Waals surface area contributed by atoms with Gasteiger partial charge in [0.05, 0.1) is 7.11 Å². The van der Waals surface area contributed by atoms with Crippen molar-refractivity contribution >= 4 is 17.7 Å². The highest BCUT2D eigenvalue weighted by Crippen LogP contribution is 2.33. The summed E-state index contributed by atoms with van der Waals surface area (Å²) in [5.41, 5.74) is 0.854. The molecule has 114 valence electrons. The lowest BCUT2D eigenvalue weighted by Gasteiger charge is -2.25. The average molecular weight is 296 g/mol. The van der Waals surface area contributed by atoms with E-state index in [1.165, 1.54) is 18.4 Å². The average Bonchev–Trinajstić information content (AvgIpc) is 2.45. The Labute approximate surface area is 128 Å². The van der Waals surface area contributed by atoms with Crippen molar-refractivity contribution in [3.8, 4) is 0 Å². The van der Waals surface area contributed by atoms with Crippen LogP contribution >= 0.6 is 11.8 Å². The largest absolute Gasteiger partial charge is 0.466 e. The summed E-state index contributed by atoms with van der Waals surface area (Å²) in [5.74, 6) is 1.78. The first kappa shape index (κ1) is 17.4. The van der Waals surface area contributed by atoms with Crippen LogP contribution < -0.4 is 0 Å². The maximum Gasteiger partial charge on any atom is 0.333 e. The maximum atomic E-state index is 11.5. The second kappa shape index (κ2) is 8.56. The van der Waals surface area contributed by atoms with Crippen LogP contribution in [0.2, 0.25) is 0 Å². The van der Waals surface area contributed by atoms with Crippen LogP contribution in [0.4, 0.5) is 0 Å². The molecular formula is C17H28O2S. The number of carbonyl (C=O) groups excluding carboxylic acids is 1. The molecule has 0 N–H and O–H groups in total. The molecule has 1 rings (SSSR count). The van der Waals surface area contributed by atoms with Gasteiger partial charge >= 0.3 is 5.97 Å². The van der Waals surface area contributed by atoms with Crippen molar-refractivity contribution in [1.82, 2.24) is 0 Å². The van der Waals surface area contributed by atoms with Crippen molar-refractivity contribution in [1.29, 1.82) is 0 Å². The first-order chi connectivity index (χ1) is 9.47. The van der Waals surface area contributed by atoms with E-state index >= 15 is 0 Å². The standard InChI is InChI=1S/C17H28O2S/c1-12(2)10-16(20-5)11-13(3)14-6-8-15(9-7-14)17(18)19-4/h8,11-14H,6-7,9-10H2,1-5H3/b16-11-/t13-,14+/m1/s1. The monoisotopic (exact) mass is 296 g/mol. The predicted octanol–water partition coefficient (Wildman–Crippen LogP) is 4.82. The zero-order valence-corrected chi connectivity index (χ0v) is 14.3. The van der Waals surface area contributed by atoms with Gasteiger partial charge in [0.2, 0.25) is 0 Å². The second-order valence-electron chi connectivity index (χ2n) is 6.05. The first-order valence-electron chi connectivity index (χ1n) is 7.50. The van der Waals surface area contributed by atoms with Gasteiger partial charge in [-0.05, 0) is 54.6 Å². The molecule has 2 atom stereocenters. The molecule has 0 aromatic rings. The molecule has 0 saturated carbocycles. The fourth-order valence-electron chi connectivity index (χ4n) is 2.70. The Morgan fingerprint density at radius 1 is 1.50 bits per heavy atom. The van der Waals surface area contributed by atoms with Gasteiger partial charge in [-0.3, -0.25) is 0 Å². The van der Waals surface area contributed by atoms with Gasteiger partial charge in [-0.2, -0.15) is 0 Å². The lowest BCUT2D eigenvalue weighted by Crippen LogP contribution is -2.17. The summed E-state index contributed by atoms with van der Waals surface area (Å²) in [7, 11) is 1.46. The molecule has 3 heteroatoms. The number of esters is 1. The quantitative estimate of drug-likeness (QED) is 0.658. The lowest BCUT2D eigenvalue weighted by atomic mass is 9.81. The highest BCUT2D eigenvalue weighted by Gasteiger charge is 2.22. The summed E-state index contributed by atoms with van der Waals surface area (Å²) in [6, 6.07) is 0. The normalized spacial score (nSPS) is 21.6. The van der Waals surface area contributed by atoms with Crippen molar-refractivity contribution < 1.29 is 9.53 Å². The Morgan fingerprint density at radius 2 is 2.20 bits per heavy atom. The molecule has 0 amide bonds. The summed E-state index contributed by atoms with van der Waals surface area (Å²) >= 11 is 1.87. The van der Waals surface area contributed by atoms with E-state index in [2.05, 4.69) is 39.2 Å². The molecule has 0 heterocycles. The van der Waals surface area contributed by atoms with Gasteiger partial charge in [0.1, 0.15) is 0 Å². The van der Waals surface area contributed by atoms with Gasteiger partial charge in [-0.25, -0.2) is 4.79 Å². The zero-order valence-electron chi connectivity index (χ0n) is 13.4. The number of hydrogen-bond acceptors (Lipinski definition) is 3. The molecule has 1 aliphatic rings. The van der Waals surface area contributed by atoms with Crippen LogP contribution in [0.1, 0.15) is 46.5 Å². The van der Waals surface area contributed by atoms with E-state index in [-0.39, 0.29) is 5.97 Å². The fraction of sp³-hybridized carbons (Fsp3) is 0.706. The Kier molecular flexibility index (Phi) is 7.42. The third-order valence-electron chi connectivity index (χ3n) is 3.96. The lowest BCUT2D eigenvalue weighted by molar-refractivity contribution is -0.136. The van der Waals surface area contributed by atoms with Crippen molar-refractivity contribution in [2.45, 2.75) is 46.5 Å². The molecule has 0 bridgehead atoms. The second-order valence-corrected chi connectivity index (χ2v) is 6.98. The number of hydrogen-bond donors (Lipinski definition) is 0. The van der Waals surface area contributed by atoms with Crippen LogP contribution in [0.5, 0.6) is 0 Å². The SMILES string of the molecule is COC(=O)C1=CC[C@H]([C@H](C)/C=C(/CC(C)C)SC)CC1. The zero-order chi connectivity index (χ0) is 15.1. The van der Waals surface area contributed by atoms with Crippen LogP contribution in [0.25, 0.3) is 0 Å². The summed E-state index contributed by atoms with van der Waals surface area (Å²) in [4.78, 5) is 13.0. The number of carbonyl (C=O) groups is 1. The first-order valence-corrected chi connectivity index (χ1v) is 8.72. The van der Waals surface area contributed by atoms with Gasteiger partial charge in [0.15, 0.2) is 0 Å². The van der Waals surface area contributed by atoms with E-state index in [9.17, 15) is 4.79 Å². The molecule has 0 fully saturated rings. The minimum absolute atomic E-state index is 0.156. The number of methoxy groups -OCH3 is 1. The number of ether oxygens (including phenoxy) is 1. The minimum atomic E-state index is -0.156. The maximum absolute atomic E-state index is 11.5. The third-order valence-corrected chi connectivity index (χ3v) is 4.79. The van der Waals surface area contributed by atoms with Crippen LogP contribution in [-0.2, 0) is 9.53 Å². The Hall–Kier alpha value is -0.700. The fourth-order valence-corrected chi connectivity index (χ4v) is 3.55. The minimum Gasteiger partial charge on any atom is -0.466 e. The van der Waals surface area contributed by atoms with Gasteiger partial charge in [-0.1, -0.05) is 32.9 Å². The van der Waals surface area contributed by atoms with Gasteiger partial charge in [0.25, 0.3) is 0 Å². The van der Waals surface area contributed by atoms with E-state index in [1.54, 1.807) is 0 Å². The predicted molar refractivity (Wildman–Crippen MR) is 87.7 cm³/mol. The van der Waals surface area contributed by atoms with E-state index in [1.807, 2.05) is 11.8 Å². The van der Waals surface area contributed by atoms with E-state index in [0.717, 1.165) is 24.8 Å². The molecule has 2 nitrogen and oxygen atoms in total. The molecule has 0 aromatic heterocycles. The molecule has 0 radical (unpaired) electrons. The molecule has 0 unspecified atom stereocenters. The van der Waals surface area contributed by atoms with Gasteiger partial charge < -0.3 is 4.74 Å². The van der Waals surface area contributed by atoms with Gasteiger partial charge in [0, 0.05) is 5.57 Å². The van der Waals surface area contributed by atoms with E-state index < -0.39 is 0 Å². The molecular weight excluding hydrogens is 268 g/mol. The summed E-state index contributed by atoms with van der Waals surface area (Å²) < 4.78 is 4.79. The van der Waals surface area contributed by atoms with Gasteiger partial charge in [-0.15, -0.1) is 11.8 Å². The number of thioether (sulfide) groups is 1. The molecule has 1 aliphatic carbocycles. The number of allylic oxidation sites excluding steroid dienone is 3. The van der Waals surface area contributed by atoms with Crippen molar-refractivity contribution in [2.24, 2.45) is 17.8 Å². The van der Waals surface area contributed by atoms with Crippen LogP contribution in [0.3, 0.4) is 0 Å². The van der Waals surface area contributed by atoms with Crippen LogP contribution in [0, 0.1) is 17.8 Å². The Morgan fingerprint density at radius 3 is 2.65 bits per heavy atom. The summed E-state index contributed by atoms with van der Waals surface area (Å²) in [6.45, 7) is 6.83. The molecule has 20 heavy (non-hydrogen) atoms. The summed E-state index contributed by atoms with van der Waals surface area (Å²) in [5, 5.41) is 0. The van der Waals surface area contributed by atoms with Crippen LogP contribution in [0.15, 0.2) is 22.6 Å². The number of rotatable bonds is 6. The molecule has 0 spiro atoms. The Balaban J connectivity index is 2.61. The van der Waals surface area contributed by atoms with Crippen molar-refractivity contribution in [3.05, 3.63) is 22.6 Å². The Bertz CT molecular complexity index is 382. The molecule has 0 aliphatic heterocycles. The summed E-state index contributed by atoms with van der Waals surface area (Å²) in [6.07, 6.45) is 10.8. The third kappa shape index (κ3) is 5.35. The van der Waals surface area contributed by atoms with Crippen molar-refractivity contribution in [2.75, 3.05) is 13.4 Å². The molecule has 0 aromatic carbocycles. The molecule has 0 saturated heterocycles. The smallest absolute Gasteiger partial charge is 0.333 e. The highest BCUT2D eigenvalue weighted by molar-refractivity contribution is 8.02. The topological polar surface area (TPSA) is 26.3 Å².